The zero-order chi connectivity index (χ0) is 21.4. The van der Waals surface area contributed by atoms with Crippen LogP contribution < -0.4 is 0 Å². The maximum atomic E-state index is 13.0. The Labute approximate surface area is 172 Å². The zero-order valence-electron chi connectivity index (χ0n) is 16.8. The Kier molecular flexibility index (Phi) is 5.86. The van der Waals surface area contributed by atoms with Gasteiger partial charge < -0.3 is 19.5 Å². The summed E-state index contributed by atoms with van der Waals surface area (Å²) in [6.07, 6.45) is 1.75. The highest BCUT2D eigenvalue weighted by Crippen LogP contribution is 2.52. The van der Waals surface area contributed by atoms with Crippen LogP contribution in [0.2, 0.25) is 0 Å². The molecule has 160 valence electrons. The molecule has 1 aromatic rings. The molecule has 0 aliphatic carbocycles. The normalized spacial score (nSPS) is 27.2. The molecule has 11 nitrogen and oxygen atoms in total. The summed E-state index contributed by atoms with van der Waals surface area (Å²) in [5, 5.41) is 20.3. The fourth-order valence-electron chi connectivity index (χ4n) is 3.36. The highest BCUT2D eigenvalue weighted by atomic mass is 32.2. The van der Waals surface area contributed by atoms with Gasteiger partial charge in [0.05, 0.1) is 29.4 Å². The number of ether oxygens (including phenoxy) is 2. The van der Waals surface area contributed by atoms with Crippen LogP contribution in [0.25, 0.3) is 0 Å². The molecule has 2 aliphatic rings. The lowest BCUT2D eigenvalue weighted by molar-refractivity contribution is -0.175. The summed E-state index contributed by atoms with van der Waals surface area (Å²) in [6.45, 7) is 6.33. The van der Waals surface area contributed by atoms with Crippen molar-refractivity contribution in [2.45, 2.75) is 50.3 Å². The van der Waals surface area contributed by atoms with E-state index < -0.39 is 34.8 Å². The summed E-state index contributed by atoms with van der Waals surface area (Å²) in [5.74, 6) is -1.78. The predicted octanol–water partition coefficient (Wildman–Crippen LogP) is -0.0234. The quantitative estimate of drug-likeness (QED) is 0.359. The molecule has 29 heavy (non-hydrogen) atoms. The van der Waals surface area contributed by atoms with Crippen LogP contribution in [0.3, 0.4) is 0 Å². The maximum Gasteiger partial charge on any atom is 0.327 e. The van der Waals surface area contributed by atoms with Gasteiger partial charge in [-0.05, 0) is 44.5 Å². The molecule has 4 atom stereocenters. The Morgan fingerprint density at radius 2 is 2.14 bits per heavy atom. The lowest BCUT2D eigenvalue weighted by atomic mass is 9.94. The molecule has 2 saturated heterocycles. The number of β-lactam (4-membered cyclic amide) rings is 1. The van der Waals surface area contributed by atoms with Crippen LogP contribution in [0, 0.1) is 11.3 Å². The monoisotopic (exact) mass is 427 g/mol. The molecular weight excluding hydrogens is 402 g/mol. The highest BCUT2D eigenvalue weighted by molar-refractivity contribution is 8.02. The van der Waals surface area contributed by atoms with E-state index in [2.05, 4.69) is 15.5 Å². The number of thioether (sulfide) groups is 1. The number of aromatic nitrogens is 4. The number of aliphatic hydroxyl groups excluding tert-OH is 1. The minimum atomic E-state index is -1.08. The predicted molar refractivity (Wildman–Crippen MR) is 100 cm³/mol. The van der Waals surface area contributed by atoms with Crippen molar-refractivity contribution in [1.82, 2.24) is 25.1 Å². The van der Waals surface area contributed by atoms with Crippen LogP contribution in [0.5, 0.6) is 0 Å². The molecule has 3 rings (SSSR count). The third-order valence-electron chi connectivity index (χ3n) is 5.03. The Balaban J connectivity index is 1.72. The van der Waals surface area contributed by atoms with Crippen LogP contribution in [-0.4, -0.2) is 78.1 Å². The largest absolute Gasteiger partial charge is 0.427 e. The van der Waals surface area contributed by atoms with Gasteiger partial charge in [-0.3, -0.25) is 14.4 Å². The summed E-state index contributed by atoms with van der Waals surface area (Å²) in [4.78, 5) is 38.7. The lowest BCUT2D eigenvalue weighted by Gasteiger charge is -2.40. The molecule has 2 fully saturated rings. The van der Waals surface area contributed by atoms with Gasteiger partial charge in [-0.15, -0.1) is 16.9 Å². The first-order chi connectivity index (χ1) is 13.6. The Bertz CT molecular complexity index is 782. The molecule has 1 unspecified atom stereocenters. The van der Waals surface area contributed by atoms with Crippen LogP contribution >= 0.6 is 11.8 Å². The maximum absolute atomic E-state index is 13.0. The smallest absolute Gasteiger partial charge is 0.327 e. The Morgan fingerprint density at radius 3 is 2.72 bits per heavy atom. The number of hydrogen-bond donors (Lipinski definition) is 1. The summed E-state index contributed by atoms with van der Waals surface area (Å²) in [6, 6.07) is -0.247. The molecule has 0 bridgehead atoms. The molecular formula is C17H25N5O6S. The van der Waals surface area contributed by atoms with Crippen molar-refractivity contribution in [1.29, 1.82) is 0 Å². The molecule has 1 N–H and O–H groups in total. The average molecular weight is 427 g/mol. The standard InChI is InChI=1S/C17H25N5O6S/c1-10(22-8-18-19-20-22)5-17(7-21-12(24)11(6-23)13(21)29-17)15(26)28-9-27-14(25)16(2,3)4/h8,10-11,13,23H,5-7,9H2,1-4H3/t10-,11+,13-,17?/m1/s1. The minimum absolute atomic E-state index is 0.149. The summed E-state index contributed by atoms with van der Waals surface area (Å²) in [7, 11) is 0. The van der Waals surface area contributed by atoms with E-state index >= 15 is 0 Å². The minimum Gasteiger partial charge on any atom is -0.427 e. The number of rotatable bonds is 7. The summed E-state index contributed by atoms with van der Waals surface area (Å²) < 4.78 is 10.8. The van der Waals surface area contributed by atoms with Crippen molar-refractivity contribution in [2.24, 2.45) is 11.3 Å². The van der Waals surface area contributed by atoms with Gasteiger partial charge in [0, 0.05) is 6.54 Å². The highest BCUT2D eigenvalue weighted by Gasteiger charge is 2.62. The lowest BCUT2D eigenvalue weighted by Crippen LogP contribution is -2.58. The second-order valence-corrected chi connectivity index (χ2v) is 9.83. The van der Waals surface area contributed by atoms with E-state index in [1.165, 1.54) is 22.8 Å². The van der Waals surface area contributed by atoms with Crippen molar-refractivity contribution in [2.75, 3.05) is 19.9 Å². The van der Waals surface area contributed by atoms with Crippen LogP contribution in [-0.2, 0) is 23.9 Å². The number of aliphatic hydroxyl groups is 1. The van der Waals surface area contributed by atoms with Crippen molar-refractivity contribution < 1.29 is 29.0 Å². The first kappa shape index (κ1) is 21.5. The molecule has 0 saturated carbocycles. The van der Waals surface area contributed by atoms with E-state index in [0.29, 0.717) is 6.42 Å². The van der Waals surface area contributed by atoms with E-state index in [9.17, 15) is 19.5 Å². The number of tetrazole rings is 1. The SMILES string of the molecule is C[C@H](CC1(C(=O)OCOC(=O)C(C)(C)C)CN2C(=O)[C@H](CO)[C@H]2S1)n1cnnn1. The van der Waals surface area contributed by atoms with Crippen molar-refractivity contribution >= 4 is 29.6 Å². The molecule has 2 aliphatic heterocycles. The van der Waals surface area contributed by atoms with Crippen LogP contribution in [0.4, 0.5) is 0 Å². The first-order valence-corrected chi connectivity index (χ1v) is 10.1. The van der Waals surface area contributed by atoms with Crippen molar-refractivity contribution in [3.63, 3.8) is 0 Å². The topological polar surface area (TPSA) is 137 Å². The number of fused-ring (bicyclic) bond motifs is 1. The second kappa shape index (κ2) is 7.90. The third-order valence-corrected chi connectivity index (χ3v) is 6.76. The fraction of sp³-hybridized carbons (Fsp3) is 0.765. The second-order valence-electron chi connectivity index (χ2n) is 8.33. The van der Waals surface area contributed by atoms with E-state index in [0.717, 1.165) is 0 Å². The number of amides is 1. The van der Waals surface area contributed by atoms with Gasteiger partial charge >= 0.3 is 11.9 Å². The van der Waals surface area contributed by atoms with Gasteiger partial charge in [-0.25, -0.2) is 4.68 Å². The first-order valence-electron chi connectivity index (χ1n) is 9.25. The molecule has 0 radical (unpaired) electrons. The third kappa shape index (κ3) is 4.08. The molecule has 1 aromatic heterocycles. The number of nitrogens with zero attached hydrogens (tertiary/aromatic N) is 5. The number of hydrogen-bond acceptors (Lipinski definition) is 10. The Morgan fingerprint density at radius 1 is 1.41 bits per heavy atom. The van der Waals surface area contributed by atoms with E-state index in [1.807, 2.05) is 6.92 Å². The molecule has 0 spiro atoms. The van der Waals surface area contributed by atoms with Gasteiger partial charge in [-0.1, -0.05) is 0 Å². The van der Waals surface area contributed by atoms with E-state index in [-0.39, 0.29) is 30.5 Å². The van der Waals surface area contributed by atoms with Crippen LogP contribution in [0.15, 0.2) is 6.33 Å². The van der Waals surface area contributed by atoms with Crippen molar-refractivity contribution in [3.05, 3.63) is 6.33 Å². The summed E-state index contributed by atoms with van der Waals surface area (Å²) in [5.41, 5.74) is -0.716. The van der Waals surface area contributed by atoms with E-state index in [4.69, 9.17) is 9.47 Å². The van der Waals surface area contributed by atoms with Crippen molar-refractivity contribution in [3.8, 4) is 0 Å². The molecule has 3 heterocycles. The number of carbonyl (C=O) groups is 3. The summed E-state index contributed by atoms with van der Waals surface area (Å²) >= 11 is 1.29. The fourth-order valence-corrected chi connectivity index (χ4v) is 5.20. The van der Waals surface area contributed by atoms with E-state index in [1.54, 1.807) is 25.7 Å². The van der Waals surface area contributed by atoms with Gasteiger partial charge in [0.25, 0.3) is 0 Å². The number of esters is 2. The molecule has 0 aromatic carbocycles. The van der Waals surface area contributed by atoms with Gasteiger partial charge in [0.15, 0.2) is 0 Å². The van der Waals surface area contributed by atoms with Crippen LogP contribution in [0.1, 0.15) is 40.2 Å². The van der Waals surface area contributed by atoms with Gasteiger partial charge in [0.2, 0.25) is 12.7 Å². The Hall–Kier alpha value is -2.21. The van der Waals surface area contributed by atoms with Gasteiger partial charge in [-0.2, -0.15) is 0 Å². The average Bonchev–Trinajstić information content (AvgIpc) is 3.29. The molecule has 12 heteroatoms. The number of carbonyl (C=O) groups excluding carboxylic acids is 3. The molecule has 1 amide bonds. The zero-order valence-corrected chi connectivity index (χ0v) is 17.6. The van der Waals surface area contributed by atoms with Gasteiger partial charge in [0.1, 0.15) is 11.1 Å².